The van der Waals surface area contributed by atoms with Crippen molar-refractivity contribution in [2.24, 2.45) is 5.92 Å². The van der Waals surface area contributed by atoms with Crippen LogP contribution in [0.15, 0.2) is 0 Å². The van der Waals surface area contributed by atoms with E-state index in [9.17, 15) is 4.79 Å². The van der Waals surface area contributed by atoms with Gasteiger partial charge in [0.2, 0.25) is 0 Å². The van der Waals surface area contributed by atoms with E-state index in [1.165, 1.54) is 76.4 Å². The second kappa shape index (κ2) is 11.7. The maximum atomic E-state index is 12.7. The molecule has 0 saturated heterocycles. The summed E-state index contributed by atoms with van der Waals surface area (Å²) in [5.74, 6) is 2.17. The molecule has 1 atom stereocenters. The highest BCUT2D eigenvalue weighted by atomic mass is 32.2. The van der Waals surface area contributed by atoms with Crippen molar-refractivity contribution in [1.82, 2.24) is 0 Å². The van der Waals surface area contributed by atoms with Gasteiger partial charge in [-0.25, -0.2) is 0 Å². The molecule has 0 amide bonds. The molecule has 0 radical (unpaired) electrons. The van der Waals surface area contributed by atoms with Crippen molar-refractivity contribution in [3.8, 4) is 0 Å². The lowest BCUT2D eigenvalue weighted by molar-refractivity contribution is -0.123. The van der Waals surface area contributed by atoms with Crippen LogP contribution in [-0.4, -0.2) is 16.8 Å². The Kier molecular flexibility index (Phi) is 10.5. The van der Waals surface area contributed by atoms with Gasteiger partial charge in [-0.05, 0) is 31.4 Å². The van der Waals surface area contributed by atoms with E-state index in [0.717, 1.165) is 6.42 Å². The third-order valence-corrected chi connectivity index (χ3v) is 5.86. The van der Waals surface area contributed by atoms with Crippen LogP contribution in [0.25, 0.3) is 0 Å². The molecular weight excluding hydrogens is 264 g/mol. The van der Waals surface area contributed by atoms with Crippen molar-refractivity contribution < 1.29 is 4.79 Å². The van der Waals surface area contributed by atoms with E-state index >= 15 is 0 Å². The highest BCUT2D eigenvalue weighted by Crippen LogP contribution is 2.30. The number of Topliss-reactive ketones (excluding diaryl/α,β-unsaturated/α-hetero) is 1. The Hall–Kier alpha value is 0.0200. The summed E-state index contributed by atoms with van der Waals surface area (Å²) < 4.78 is 0. The first-order valence-corrected chi connectivity index (χ1v) is 9.99. The van der Waals surface area contributed by atoms with Crippen molar-refractivity contribution in [2.75, 3.05) is 5.75 Å². The summed E-state index contributed by atoms with van der Waals surface area (Å²) in [6.07, 6.45) is 15.0. The van der Waals surface area contributed by atoms with E-state index in [1.54, 1.807) is 0 Å². The Bertz CT molecular complexity index is 246. The average molecular weight is 299 g/mol. The first kappa shape index (κ1) is 18.1. The van der Waals surface area contributed by atoms with Crippen LogP contribution < -0.4 is 0 Å². The van der Waals surface area contributed by atoms with Crippen LogP contribution >= 0.6 is 11.8 Å². The van der Waals surface area contributed by atoms with Crippen LogP contribution in [0.1, 0.15) is 90.9 Å². The number of carbonyl (C=O) groups excluding carboxylic acids is 1. The topological polar surface area (TPSA) is 17.1 Å². The minimum absolute atomic E-state index is 0.307. The maximum Gasteiger partial charge on any atom is 0.148 e. The third-order valence-electron chi connectivity index (χ3n) is 4.46. The first-order valence-electron chi connectivity index (χ1n) is 8.94. The number of carbonyl (C=O) groups is 1. The van der Waals surface area contributed by atoms with Gasteiger partial charge in [0.25, 0.3) is 0 Å². The standard InChI is InChI=1S/C18H34OS/c1-3-5-7-11-14-17(20-15-6-4-2)18(19)16-12-9-8-10-13-16/h16-17H,3-15H2,1-2H3. The molecule has 0 N–H and O–H groups in total. The fourth-order valence-electron chi connectivity index (χ4n) is 3.08. The Morgan fingerprint density at radius 3 is 2.35 bits per heavy atom. The molecule has 2 heteroatoms. The minimum atomic E-state index is 0.307. The van der Waals surface area contributed by atoms with Crippen molar-refractivity contribution in [3.63, 3.8) is 0 Å². The quantitative estimate of drug-likeness (QED) is 0.435. The molecule has 0 aliphatic heterocycles. The van der Waals surface area contributed by atoms with E-state index in [2.05, 4.69) is 13.8 Å². The molecule has 1 unspecified atom stereocenters. The predicted octanol–water partition coefficient (Wildman–Crippen LogP) is 6.01. The van der Waals surface area contributed by atoms with Gasteiger partial charge in [-0.3, -0.25) is 4.79 Å². The van der Waals surface area contributed by atoms with Crippen molar-refractivity contribution in [3.05, 3.63) is 0 Å². The molecule has 0 spiro atoms. The third kappa shape index (κ3) is 7.15. The molecule has 1 nitrogen and oxygen atoms in total. The molecule has 0 heterocycles. The lowest BCUT2D eigenvalue weighted by Crippen LogP contribution is -2.28. The lowest BCUT2D eigenvalue weighted by Gasteiger charge is -2.25. The number of ketones is 1. The Balaban J connectivity index is 2.39. The molecule has 1 fully saturated rings. The summed E-state index contributed by atoms with van der Waals surface area (Å²) in [7, 11) is 0. The normalized spacial score (nSPS) is 18.1. The molecule has 0 aromatic heterocycles. The summed E-state index contributed by atoms with van der Waals surface area (Å²) >= 11 is 1.96. The number of hydrogen-bond acceptors (Lipinski definition) is 2. The number of thioether (sulfide) groups is 1. The largest absolute Gasteiger partial charge is 0.298 e. The maximum absolute atomic E-state index is 12.7. The molecule has 0 bridgehead atoms. The SMILES string of the molecule is CCCCCCC(SCCCC)C(=O)C1CCCCC1. The second-order valence-corrected chi connectivity index (χ2v) is 7.61. The van der Waals surface area contributed by atoms with Crippen molar-refractivity contribution in [2.45, 2.75) is 96.1 Å². The monoisotopic (exact) mass is 298 g/mol. The van der Waals surface area contributed by atoms with Gasteiger partial charge in [0.15, 0.2) is 0 Å². The number of hydrogen-bond donors (Lipinski definition) is 0. The molecular formula is C18H34OS. The molecule has 1 saturated carbocycles. The summed E-state index contributed by atoms with van der Waals surface area (Å²) in [6.45, 7) is 4.49. The van der Waals surface area contributed by atoms with E-state index < -0.39 is 0 Å². The van der Waals surface area contributed by atoms with Crippen LogP contribution in [-0.2, 0) is 4.79 Å². The summed E-state index contributed by atoms with van der Waals surface area (Å²) in [6, 6.07) is 0. The average Bonchev–Trinajstić information content (AvgIpc) is 2.50. The van der Waals surface area contributed by atoms with E-state index in [4.69, 9.17) is 0 Å². The van der Waals surface area contributed by atoms with Gasteiger partial charge in [0.1, 0.15) is 5.78 Å². The van der Waals surface area contributed by atoms with E-state index in [-0.39, 0.29) is 0 Å². The van der Waals surface area contributed by atoms with E-state index in [0.29, 0.717) is 17.0 Å². The Morgan fingerprint density at radius 1 is 1.00 bits per heavy atom. The Labute approximate surface area is 130 Å². The lowest BCUT2D eigenvalue weighted by atomic mass is 9.84. The molecule has 1 rings (SSSR count). The van der Waals surface area contributed by atoms with Gasteiger partial charge in [-0.15, -0.1) is 0 Å². The summed E-state index contributed by atoms with van der Waals surface area (Å²) in [5.41, 5.74) is 0. The number of unbranched alkanes of at least 4 members (excludes halogenated alkanes) is 4. The zero-order chi connectivity index (χ0) is 14.6. The zero-order valence-electron chi connectivity index (χ0n) is 13.7. The first-order chi connectivity index (χ1) is 9.79. The molecule has 118 valence electrons. The van der Waals surface area contributed by atoms with Crippen LogP contribution in [0.2, 0.25) is 0 Å². The van der Waals surface area contributed by atoms with Crippen LogP contribution in [0.4, 0.5) is 0 Å². The van der Waals surface area contributed by atoms with E-state index in [1.807, 2.05) is 11.8 Å². The van der Waals surface area contributed by atoms with Gasteiger partial charge in [-0.2, -0.15) is 11.8 Å². The molecule has 0 aromatic carbocycles. The fourth-order valence-corrected chi connectivity index (χ4v) is 4.51. The van der Waals surface area contributed by atoms with Gasteiger partial charge < -0.3 is 0 Å². The summed E-state index contributed by atoms with van der Waals surface area (Å²) in [5, 5.41) is 0.307. The van der Waals surface area contributed by atoms with Crippen molar-refractivity contribution >= 4 is 17.5 Å². The zero-order valence-corrected chi connectivity index (χ0v) is 14.5. The smallest absolute Gasteiger partial charge is 0.148 e. The Morgan fingerprint density at radius 2 is 1.70 bits per heavy atom. The fraction of sp³-hybridized carbons (Fsp3) is 0.944. The molecule has 20 heavy (non-hydrogen) atoms. The molecule has 1 aliphatic carbocycles. The van der Waals surface area contributed by atoms with Gasteiger partial charge >= 0.3 is 0 Å². The van der Waals surface area contributed by atoms with Crippen LogP contribution in [0.5, 0.6) is 0 Å². The summed E-state index contributed by atoms with van der Waals surface area (Å²) in [4.78, 5) is 12.7. The van der Waals surface area contributed by atoms with Gasteiger partial charge in [0.05, 0.1) is 5.25 Å². The second-order valence-electron chi connectivity index (χ2n) is 6.30. The molecule has 1 aliphatic rings. The molecule has 0 aromatic rings. The minimum Gasteiger partial charge on any atom is -0.298 e. The van der Waals surface area contributed by atoms with Crippen molar-refractivity contribution in [1.29, 1.82) is 0 Å². The highest BCUT2D eigenvalue weighted by molar-refractivity contribution is 8.00. The van der Waals surface area contributed by atoms with Crippen LogP contribution in [0, 0.1) is 5.92 Å². The predicted molar refractivity (Wildman–Crippen MR) is 91.5 cm³/mol. The highest BCUT2D eigenvalue weighted by Gasteiger charge is 2.27. The number of rotatable bonds is 11. The van der Waals surface area contributed by atoms with Crippen LogP contribution in [0.3, 0.4) is 0 Å². The van der Waals surface area contributed by atoms with Gasteiger partial charge in [0, 0.05) is 5.92 Å². The van der Waals surface area contributed by atoms with Gasteiger partial charge in [-0.1, -0.05) is 65.2 Å².